The Labute approximate surface area is 105 Å². The van der Waals surface area contributed by atoms with Crippen LogP contribution in [0.15, 0.2) is 0 Å². The Morgan fingerprint density at radius 3 is 2.53 bits per heavy atom. The molecule has 1 aliphatic heterocycles. The minimum absolute atomic E-state index is 0.455. The maximum atomic E-state index is 9.01. The Balaban J connectivity index is 2.06. The highest BCUT2D eigenvalue weighted by molar-refractivity contribution is 4.95. The predicted octanol–water partition coefficient (Wildman–Crippen LogP) is 2.24. The van der Waals surface area contributed by atoms with E-state index in [1.165, 1.54) is 32.1 Å². The second-order valence-corrected chi connectivity index (χ2v) is 5.83. The molecular weight excluding hydrogens is 210 g/mol. The van der Waals surface area contributed by atoms with E-state index >= 15 is 0 Å². The van der Waals surface area contributed by atoms with Crippen LogP contribution in [0.5, 0.6) is 0 Å². The average molecular weight is 235 g/mol. The van der Waals surface area contributed by atoms with Crippen LogP contribution < -0.4 is 0 Å². The van der Waals surface area contributed by atoms with Gasteiger partial charge in [-0.15, -0.1) is 0 Å². The van der Waals surface area contributed by atoms with Gasteiger partial charge in [0, 0.05) is 31.2 Å². The molecule has 0 radical (unpaired) electrons. The molecule has 3 heteroatoms. The van der Waals surface area contributed by atoms with Gasteiger partial charge >= 0.3 is 0 Å². The Hall–Kier alpha value is -0.590. The topological polar surface area (TPSA) is 30.3 Å². The van der Waals surface area contributed by atoms with Crippen LogP contribution in [-0.4, -0.2) is 48.1 Å². The Morgan fingerprint density at radius 1 is 1.18 bits per heavy atom. The van der Waals surface area contributed by atoms with E-state index < -0.39 is 0 Å². The van der Waals surface area contributed by atoms with Crippen LogP contribution in [-0.2, 0) is 0 Å². The number of rotatable bonds is 2. The van der Waals surface area contributed by atoms with Crippen LogP contribution in [0.1, 0.15) is 45.4 Å². The standard InChI is InChI=1S/C14H25N3/c1-12-10-16(2)11-14(8-9-15)17(12)13-6-4-3-5-7-13/h12-14H,3-8,10-11H2,1-2H3. The van der Waals surface area contributed by atoms with E-state index in [0.717, 1.165) is 19.1 Å². The molecule has 2 aliphatic rings. The lowest BCUT2D eigenvalue weighted by Gasteiger charge is -2.49. The summed E-state index contributed by atoms with van der Waals surface area (Å²) in [6, 6.07) is 4.18. The van der Waals surface area contributed by atoms with Gasteiger partial charge in [-0.2, -0.15) is 5.26 Å². The van der Waals surface area contributed by atoms with E-state index in [-0.39, 0.29) is 0 Å². The summed E-state index contributed by atoms with van der Waals surface area (Å²) >= 11 is 0. The van der Waals surface area contributed by atoms with E-state index in [2.05, 4.69) is 29.8 Å². The molecule has 0 N–H and O–H groups in total. The quantitative estimate of drug-likeness (QED) is 0.735. The molecule has 0 aromatic heterocycles. The molecule has 2 atom stereocenters. The molecule has 1 saturated carbocycles. The van der Waals surface area contributed by atoms with E-state index in [9.17, 15) is 0 Å². The Morgan fingerprint density at radius 2 is 1.88 bits per heavy atom. The van der Waals surface area contributed by atoms with Crippen LogP contribution in [0, 0.1) is 11.3 Å². The summed E-state index contributed by atoms with van der Waals surface area (Å²) in [5, 5.41) is 9.01. The fourth-order valence-electron chi connectivity index (χ4n) is 3.75. The third-order valence-corrected chi connectivity index (χ3v) is 4.35. The zero-order valence-electron chi connectivity index (χ0n) is 11.2. The number of nitrogens with zero attached hydrogens (tertiary/aromatic N) is 3. The first-order valence-corrected chi connectivity index (χ1v) is 7.05. The number of hydrogen-bond acceptors (Lipinski definition) is 3. The second kappa shape index (κ2) is 5.84. The van der Waals surface area contributed by atoms with E-state index in [1.54, 1.807) is 0 Å². The average Bonchev–Trinajstić information content (AvgIpc) is 2.30. The highest BCUT2D eigenvalue weighted by atomic mass is 15.3. The first-order valence-electron chi connectivity index (χ1n) is 7.05. The van der Waals surface area contributed by atoms with Gasteiger partial charge in [0.25, 0.3) is 0 Å². The molecule has 3 nitrogen and oxygen atoms in total. The van der Waals surface area contributed by atoms with E-state index in [1.807, 2.05) is 0 Å². The first-order chi connectivity index (χ1) is 8.22. The highest BCUT2D eigenvalue weighted by Crippen LogP contribution is 2.29. The molecule has 2 unspecified atom stereocenters. The lowest BCUT2D eigenvalue weighted by molar-refractivity contribution is -0.00162. The molecule has 2 fully saturated rings. The van der Waals surface area contributed by atoms with Gasteiger partial charge in [-0.05, 0) is 26.8 Å². The molecule has 0 aromatic carbocycles. The molecule has 1 heterocycles. The summed E-state index contributed by atoms with van der Waals surface area (Å²) in [6.07, 6.45) is 7.53. The smallest absolute Gasteiger partial charge is 0.0638 e. The molecule has 1 aliphatic carbocycles. The maximum absolute atomic E-state index is 9.01. The van der Waals surface area contributed by atoms with Gasteiger partial charge in [-0.25, -0.2) is 0 Å². The molecule has 17 heavy (non-hydrogen) atoms. The van der Waals surface area contributed by atoms with Crippen molar-refractivity contribution in [3.05, 3.63) is 0 Å². The van der Waals surface area contributed by atoms with Gasteiger partial charge in [0.1, 0.15) is 0 Å². The van der Waals surface area contributed by atoms with Crippen molar-refractivity contribution in [1.29, 1.82) is 5.26 Å². The van der Waals surface area contributed by atoms with Crippen molar-refractivity contribution in [2.45, 2.75) is 63.6 Å². The van der Waals surface area contributed by atoms with Crippen molar-refractivity contribution >= 4 is 0 Å². The molecule has 0 amide bonds. The molecule has 96 valence electrons. The van der Waals surface area contributed by atoms with Gasteiger partial charge < -0.3 is 4.90 Å². The molecular formula is C14H25N3. The summed E-state index contributed by atoms with van der Waals surface area (Å²) < 4.78 is 0. The van der Waals surface area contributed by atoms with E-state index in [4.69, 9.17) is 5.26 Å². The lowest BCUT2D eigenvalue weighted by atomic mass is 9.90. The largest absolute Gasteiger partial charge is 0.303 e. The number of hydrogen-bond donors (Lipinski definition) is 0. The lowest BCUT2D eigenvalue weighted by Crippen LogP contribution is -2.60. The maximum Gasteiger partial charge on any atom is 0.0638 e. The molecule has 0 aromatic rings. The number of piperazine rings is 1. The van der Waals surface area contributed by atoms with Gasteiger partial charge in [-0.1, -0.05) is 19.3 Å². The van der Waals surface area contributed by atoms with Crippen molar-refractivity contribution in [2.75, 3.05) is 20.1 Å². The van der Waals surface area contributed by atoms with Crippen molar-refractivity contribution in [2.24, 2.45) is 0 Å². The summed E-state index contributed by atoms with van der Waals surface area (Å²) in [5.41, 5.74) is 0. The third-order valence-electron chi connectivity index (χ3n) is 4.35. The summed E-state index contributed by atoms with van der Waals surface area (Å²) in [7, 11) is 2.18. The SMILES string of the molecule is CC1CN(C)CC(CC#N)N1C1CCCCC1. The zero-order valence-corrected chi connectivity index (χ0v) is 11.2. The number of likely N-dealkylation sites (N-methyl/N-ethyl adjacent to an activating group) is 1. The fourth-order valence-corrected chi connectivity index (χ4v) is 3.75. The zero-order chi connectivity index (χ0) is 12.3. The molecule has 2 rings (SSSR count). The third kappa shape index (κ3) is 3.00. The Kier molecular flexibility index (Phi) is 4.42. The van der Waals surface area contributed by atoms with Gasteiger partial charge in [0.05, 0.1) is 12.5 Å². The molecule has 0 spiro atoms. The van der Waals surface area contributed by atoms with Gasteiger partial charge in [0.15, 0.2) is 0 Å². The van der Waals surface area contributed by atoms with Crippen molar-refractivity contribution in [1.82, 2.24) is 9.80 Å². The minimum atomic E-state index is 0.455. The van der Waals surface area contributed by atoms with Gasteiger partial charge in [-0.3, -0.25) is 4.90 Å². The summed E-state index contributed by atoms with van der Waals surface area (Å²) in [5.74, 6) is 0. The van der Waals surface area contributed by atoms with Gasteiger partial charge in [0.2, 0.25) is 0 Å². The van der Waals surface area contributed by atoms with Crippen LogP contribution >= 0.6 is 0 Å². The number of nitriles is 1. The second-order valence-electron chi connectivity index (χ2n) is 5.83. The molecule has 0 bridgehead atoms. The van der Waals surface area contributed by atoms with Crippen LogP contribution in [0.25, 0.3) is 0 Å². The van der Waals surface area contributed by atoms with Crippen molar-refractivity contribution in [3.8, 4) is 6.07 Å². The van der Waals surface area contributed by atoms with Crippen LogP contribution in [0.3, 0.4) is 0 Å². The van der Waals surface area contributed by atoms with Crippen LogP contribution in [0.4, 0.5) is 0 Å². The predicted molar refractivity (Wildman–Crippen MR) is 69.7 cm³/mol. The molecule has 1 saturated heterocycles. The summed E-state index contributed by atoms with van der Waals surface area (Å²) in [6.45, 7) is 4.54. The first kappa shape index (κ1) is 12.9. The van der Waals surface area contributed by atoms with E-state index in [0.29, 0.717) is 18.5 Å². The summed E-state index contributed by atoms with van der Waals surface area (Å²) in [4.78, 5) is 5.05. The van der Waals surface area contributed by atoms with Crippen molar-refractivity contribution in [3.63, 3.8) is 0 Å². The highest BCUT2D eigenvalue weighted by Gasteiger charge is 2.35. The normalized spacial score (nSPS) is 33.5. The fraction of sp³-hybridized carbons (Fsp3) is 0.929. The van der Waals surface area contributed by atoms with Crippen LogP contribution in [0.2, 0.25) is 0 Å². The Bertz CT molecular complexity index is 278. The monoisotopic (exact) mass is 235 g/mol. The van der Waals surface area contributed by atoms with Crippen molar-refractivity contribution < 1.29 is 0 Å². The minimum Gasteiger partial charge on any atom is -0.303 e.